The molecule has 1 atom stereocenters. The molecule has 2 aromatic rings. The molecule has 26 heavy (non-hydrogen) atoms. The van der Waals surface area contributed by atoms with Gasteiger partial charge in [-0.05, 0) is 55.8 Å². The average molecular weight is 378 g/mol. The lowest BCUT2D eigenvalue weighted by Gasteiger charge is -2.15. The molecule has 0 saturated carbocycles. The number of benzene rings is 2. The summed E-state index contributed by atoms with van der Waals surface area (Å²) >= 11 is 0. The molecule has 3 rings (SSSR count). The average Bonchev–Trinajstić information content (AvgIpc) is 3.01. The Balaban J connectivity index is 0.00000243. The van der Waals surface area contributed by atoms with Crippen LogP contribution in [0.25, 0.3) is 0 Å². The Bertz CT molecular complexity index is 733. The first-order valence-corrected chi connectivity index (χ1v) is 8.45. The second-order valence-electron chi connectivity index (χ2n) is 6.16. The fraction of sp³-hybridized carbons (Fsp3) is 0.350. The minimum absolute atomic E-state index is 0. The molecule has 1 aliphatic heterocycles. The van der Waals surface area contributed by atoms with E-state index in [-0.39, 0.29) is 24.4 Å². The number of carbonyl (C=O) groups is 1. The Kier molecular flexibility index (Phi) is 7.30. The number of halogens is 1. The van der Waals surface area contributed by atoms with Crippen molar-refractivity contribution in [3.63, 3.8) is 0 Å². The van der Waals surface area contributed by atoms with Crippen molar-refractivity contribution < 1.29 is 19.0 Å². The van der Waals surface area contributed by atoms with Crippen LogP contribution in [0.15, 0.2) is 42.5 Å². The van der Waals surface area contributed by atoms with Gasteiger partial charge >= 0.3 is 5.97 Å². The maximum atomic E-state index is 11.4. The third kappa shape index (κ3) is 5.13. The van der Waals surface area contributed by atoms with Crippen molar-refractivity contribution in [2.45, 2.75) is 26.0 Å². The first-order valence-electron chi connectivity index (χ1n) is 8.45. The summed E-state index contributed by atoms with van der Waals surface area (Å²) in [6, 6.07) is 13.8. The van der Waals surface area contributed by atoms with E-state index in [0.29, 0.717) is 18.8 Å². The lowest BCUT2D eigenvalue weighted by atomic mass is 10.1. The summed E-state index contributed by atoms with van der Waals surface area (Å²) < 4.78 is 16.0. The molecule has 0 fully saturated rings. The number of rotatable bonds is 8. The van der Waals surface area contributed by atoms with Crippen LogP contribution in [0.5, 0.6) is 11.5 Å². The first-order chi connectivity index (χ1) is 12.2. The number of esters is 1. The largest absolute Gasteiger partial charge is 0.497 e. The number of carbonyl (C=O) groups excluding carboxylic acids is 1. The van der Waals surface area contributed by atoms with Gasteiger partial charge in [-0.2, -0.15) is 0 Å². The Morgan fingerprint density at radius 2 is 1.88 bits per heavy atom. The van der Waals surface area contributed by atoms with Crippen LogP contribution < -0.4 is 14.8 Å². The van der Waals surface area contributed by atoms with Crippen LogP contribution in [0.4, 0.5) is 0 Å². The van der Waals surface area contributed by atoms with Crippen LogP contribution in [0.3, 0.4) is 0 Å². The van der Waals surface area contributed by atoms with Crippen molar-refractivity contribution in [1.29, 1.82) is 0 Å². The molecular weight excluding hydrogens is 354 g/mol. The topological polar surface area (TPSA) is 56.8 Å². The number of hydrogen-bond donors (Lipinski definition) is 1. The first kappa shape index (κ1) is 20.1. The van der Waals surface area contributed by atoms with Crippen LogP contribution in [-0.2, 0) is 17.8 Å². The summed E-state index contributed by atoms with van der Waals surface area (Å²) in [6.45, 7) is 3.87. The number of ether oxygens (including phenoxy) is 3. The molecule has 6 heteroatoms. The Morgan fingerprint density at radius 1 is 1.15 bits per heavy atom. The smallest absolute Gasteiger partial charge is 0.338 e. The molecule has 1 N–H and O–H groups in total. The number of hydrogen-bond acceptors (Lipinski definition) is 5. The molecule has 5 nitrogen and oxygen atoms in total. The second kappa shape index (κ2) is 9.46. The summed E-state index contributed by atoms with van der Waals surface area (Å²) in [6.07, 6.45) is 0.951. The molecule has 0 bridgehead atoms. The highest BCUT2D eigenvalue weighted by atomic mass is 35.5. The maximum Gasteiger partial charge on any atom is 0.338 e. The van der Waals surface area contributed by atoms with Gasteiger partial charge < -0.3 is 19.5 Å². The monoisotopic (exact) mass is 377 g/mol. The molecule has 1 aliphatic rings. The van der Waals surface area contributed by atoms with E-state index in [1.807, 2.05) is 24.3 Å². The number of nitrogens with one attached hydrogen (secondary N) is 1. The third-order valence-electron chi connectivity index (χ3n) is 4.22. The highest BCUT2D eigenvalue weighted by Crippen LogP contribution is 2.24. The van der Waals surface area contributed by atoms with Gasteiger partial charge in [-0.3, -0.25) is 0 Å². The molecule has 0 spiro atoms. The predicted octanol–water partition coefficient (Wildman–Crippen LogP) is 3.39. The number of cyclic esters (lactones) is 1. The minimum Gasteiger partial charge on any atom is -0.497 e. The Hall–Kier alpha value is -2.24. The molecule has 0 aromatic heterocycles. The van der Waals surface area contributed by atoms with E-state index in [4.69, 9.17) is 14.2 Å². The molecule has 2 aromatic carbocycles. The molecule has 0 radical (unpaired) electrons. The van der Waals surface area contributed by atoms with Gasteiger partial charge in [0, 0.05) is 11.6 Å². The second-order valence-corrected chi connectivity index (χ2v) is 6.16. The van der Waals surface area contributed by atoms with Crippen molar-refractivity contribution in [3.8, 4) is 11.5 Å². The summed E-state index contributed by atoms with van der Waals surface area (Å²) in [7, 11) is 1.67. The molecular formula is C20H24ClNO4. The highest BCUT2D eigenvalue weighted by Gasteiger charge is 2.21. The zero-order valence-electron chi connectivity index (χ0n) is 15.0. The molecule has 0 amide bonds. The van der Waals surface area contributed by atoms with Crippen LogP contribution in [-0.4, -0.2) is 32.3 Å². The van der Waals surface area contributed by atoms with E-state index in [0.717, 1.165) is 30.0 Å². The molecule has 1 unspecified atom stereocenters. The van der Waals surface area contributed by atoms with E-state index >= 15 is 0 Å². The zero-order chi connectivity index (χ0) is 17.6. The fourth-order valence-corrected chi connectivity index (χ4v) is 2.73. The van der Waals surface area contributed by atoms with Gasteiger partial charge in [0.05, 0.1) is 12.7 Å². The van der Waals surface area contributed by atoms with E-state index in [9.17, 15) is 4.79 Å². The van der Waals surface area contributed by atoms with Crippen molar-refractivity contribution in [1.82, 2.24) is 5.32 Å². The van der Waals surface area contributed by atoms with Crippen molar-refractivity contribution in [2.24, 2.45) is 0 Å². The van der Waals surface area contributed by atoms with Gasteiger partial charge in [0.2, 0.25) is 0 Å². The number of fused-ring (bicyclic) bond motifs is 1. The fourth-order valence-electron chi connectivity index (χ4n) is 2.73. The van der Waals surface area contributed by atoms with Crippen LogP contribution in [0, 0.1) is 0 Å². The number of methoxy groups -OCH3 is 1. The van der Waals surface area contributed by atoms with Crippen molar-refractivity contribution in [3.05, 3.63) is 59.2 Å². The van der Waals surface area contributed by atoms with E-state index < -0.39 is 0 Å². The lowest BCUT2D eigenvalue weighted by molar-refractivity contribution is 0.0535. The SMILES string of the molecule is COc1ccc(CCNC(C)COc2ccc3c(c2)COC3=O)cc1.Cl. The third-order valence-corrected chi connectivity index (χ3v) is 4.22. The van der Waals surface area contributed by atoms with E-state index in [1.165, 1.54) is 5.56 Å². The quantitative estimate of drug-likeness (QED) is 0.714. The summed E-state index contributed by atoms with van der Waals surface area (Å²) in [4.78, 5) is 11.4. The summed E-state index contributed by atoms with van der Waals surface area (Å²) in [5, 5.41) is 3.45. The summed E-state index contributed by atoms with van der Waals surface area (Å²) in [5.41, 5.74) is 2.80. The highest BCUT2D eigenvalue weighted by molar-refractivity contribution is 5.93. The molecule has 0 saturated heterocycles. The van der Waals surface area contributed by atoms with Crippen LogP contribution >= 0.6 is 12.4 Å². The van der Waals surface area contributed by atoms with Gasteiger partial charge in [-0.15, -0.1) is 12.4 Å². The molecule has 1 heterocycles. The van der Waals surface area contributed by atoms with Gasteiger partial charge in [0.25, 0.3) is 0 Å². The van der Waals surface area contributed by atoms with E-state index in [2.05, 4.69) is 24.4 Å². The van der Waals surface area contributed by atoms with Crippen molar-refractivity contribution in [2.75, 3.05) is 20.3 Å². The summed E-state index contributed by atoms with van der Waals surface area (Å²) in [5.74, 6) is 1.39. The van der Waals surface area contributed by atoms with Crippen LogP contribution in [0.1, 0.15) is 28.4 Å². The van der Waals surface area contributed by atoms with Gasteiger partial charge in [-0.25, -0.2) is 4.79 Å². The maximum absolute atomic E-state index is 11.4. The standard InChI is InChI=1S/C20H23NO4.ClH/c1-14(21-10-9-15-3-5-17(23-2)6-4-15)12-24-18-7-8-19-16(11-18)13-25-20(19)22;/h3-8,11,14,21H,9-10,12-13H2,1-2H3;1H. The Labute approximate surface area is 160 Å². The van der Waals surface area contributed by atoms with Crippen molar-refractivity contribution >= 4 is 18.4 Å². The Morgan fingerprint density at radius 3 is 2.62 bits per heavy atom. The minimum atomic E-state index is -0.255. The van der Waals surface area contributed by atoms with E-state index in [1.54, 1.807) is 13.2 Å². The predicted molar refractivity (Wildman–Crippen MR) is 102 cm³/mol. The lowest BCUT2D eigenvalue weighted by Crippen LogP contribution is -2.33. The van der Waals surface area contributed by atoms with Gasteiger partial charge in [-0.1, -0.05) is 12.1 Å². The molecule has 0 aliphatic carbocycles. The van der Waals surface area contributed by atoms with Gasteiger partial charge in [0.15, 0.2) is 0 Å². The normalized spacial score (nSPS) is 13.4. The van der Waals surface area contributed by atoms with Crippen LogP contribution in [0.2, 0.25) is 0 Å². The molecule has 140 valence electrons. The zero-order valence-corrected chi connectivity index (χ0v) is 15.8. The van der Waals surface area contributed by atoms with Gasteiger partial charge in [0.1, 0.15) is 24.7 Å².